The highest BCUT2D eigenvalue weighted by Crippen LogP contribution is 2.21. The average Bonchev–Trinajstić information content (AvgIpc) is 3.19. The quantitative estimate of drug-likeness (QED) is 0.477. The van der Waals surface area contributed by atoms with E-state index < -0.39 is 0 Å². The van der Waals surface area contributed by atoms with E-state index in [0.29, 0.717) is 22.7 Å². The Kier molecular flexibility index (Phi) is 5.48. The van der Waals surface area contributed by atoms with Crippen molar-refractivity contribution in [1.82, 2.24) is 0 Å². The first-order chi connectivity index (χ1) is 14.6. The zero-order chi connectivity index (χ0) is 20.9. The van der Waals surface area contributed by atoms with Crippen LogP contribution in [-0.2, 0) is 4.79 Å². The van der Waals surface area contributed by atoms with Crippen LogP contribution in [0, 0.1) is 6.92 Å². The second-order valence-electron chi connectivity index (χ2n) is 6.78. The number of carbonyl (C=O) groups excluding carboxylic acids is 2. The molecule has 0 aliphatic rings. The number of furan rings is 1. The molecule has 1 heterocycles. The van der Waals surface area contributed by atoms with Gasteiger partial charge in [-0.3, -0.25) is 9.59 Å². The van der Waals surface area contributed by atoms with Crippen molar-refractivity contribution in [3.63, 3.8) is 0 Å². The molecular formula is C24H20N2O4. The second kappa shape index (κ2) is 8.53. The molecule has 6 heteroatoms. The molecule has 0 bridgehead atoms. The third-order valence-electron chi connectivity index (χ3n) is 4.53. The number of hydrogen-bond donors (Lipinski definition) is 2. The molecule has 4 rings (SSSR count). The van der Waals surface area contributed by atoms with Gasteiger partial charge in [0.05, 0.1) is 0 Å². The average molecular weight is 400 g/mol. The summed E-state index contributed by atoms with van der Waals surface area (Å²) in [6.07, 6.45) is 0. The number of aryl methyl sites for hydroxylation is 1. The molecule has 1 aromatic heterocycles. The lowest BCUT2D eigenvalue weighted by atomic mass is 10.2. The summed E-state index contributed by atoms with van der Waals surface area (Å²) in [5.74, 6) is 0.310. The normalized spacial score (nSPS) is 10.6. The second-order valence-corrected chi connectivity index (χ2v) is 6.78. The monoisotopic (exact) mass is 400 g/mol. The first-order valence-corrected chi connectivity index (χ1v) is 9.47. The van der Waals surface area contributed by atoms with Gasteiger partial charge in [-0.05, 0) is 55.0 Å². The van der Waals surface area contributed by atoms with Gasteiger partial charge < -0.3 is 19.8 Å². The largest absolute Gasteiger partial charge is 0.483 e. The lowest BCUT2D eigenvalue weighted by molar-refractivity contribution is -0.118. The molecule has 0 aliphatic carbocycles. The molecule has 0 unspecified atom stereocenters. The predicted octanol–water partition coefficient (Wildman–Crippen LogP) is 5.01. The van der Waals surface area contributed by atoms with Crippen molar-refractivity contribution >= 4 is 34.2 Å². The van der Waals surface area contributed by atoms with Crippen LogP contribution in [0.2, 0.25) is 0 Å². The fourth-order valence-corrected chi connectivity index (χ4v) is 2.98. The number of amides is 2. The van der Waals surface area contributed by atoms with E-state index >= 15 is 0 Å². The van der Waals surface area contributed by atoms with Gasteiger partial charge in [0.15, 0.2) is 12.4 Å². The Bertz CT molecular complexity index is 1160. The molecule has 2 amide bonds. The van der Waals surface area contributed by atoms with E-state index in [-0.39, 0.29) is 24.2 Å². The van der Waals surface area contributed by atoms with Crippen LogP contribution in [0.5, 0.6) is 5.75 Å². The minimum absolute atomic E-state index is 0.0879. The van der Waals surface area contributed by atoms with Crippen LogP contribution in [0.4, 0.5) is 11.4 Å². The Balaban J connectivity index is 1.32. The van der Waals surface area contributed by atoms with Gasteiger partial charge >= 0.3 is 0 Å². The lowest BCUT2D eigenvalue weighted by Gasteiger charge is -2.10. The summed E-state index contributed by atoms with van der Waals surface area (Å²) in [5, 5.41) is 6.42. The highest BCUT2D eigenvalue weighted by molar-refractivity contribution is 6.04. The molecular weight excluding hydrogens is 380 g/mol. The molecule has 30 heavy (non-hydrogen) atoms. The van der Waals surface area contributed by atoms with E-state index in [2.05, 4.69) is 10.6 Å². The van der Waals surface area contributed by atoms with Crippen molar-refractivity contribution in [3.05, 3.63) is 90.2 Å². The molecule has 0 atom stereocenters. The van der Waals surface area contributed by atoms with Gasteiger partial charge in [0.25, 0.3) is 11.8 Å². The topological polar surface area (TPSA) is 80.6 Å². The molecule has 2 N–H and O–H groups in total. The van der Waals surface area contributed by atoms with Crippen LogP contribution >= 0.6 is 0 Å². The summed E-state index contributed by atoms with van der Waals surface area (Å²) in [4.78, 5) is 24.5. The highest BCUT2D eigenvalue weighted by Gasteiger charge is 2.12. The van der Waals surface area contributed by atoms with Gasteiger partial charge in [-0.25, -0.2) is 0 Å². The zero-order valence-electron chi connectivity index (χ0n) is 16.3. The summed E-state index contributed by atoms with van der Waals surface area (Å²) in [6.45, 7) is 1.83. The van der Waals surface area contributed by atoms with Crippen molar-refractivity contribution < 1.29 is 18.7 Å². The number of fused-ring (bicyclic) bond motifs is 1. The molecule has 0 saturated heterocycles. The standard InChI is InChI=1S/C24H20N2O4/c1-16-6-2-4-8-20(16)29-15-23(27)25-18-10-12-19(13-11-18)26-24(28)22-14-17-7-3-5-9-21(17)30-22/h2-14H,15H2,1H3,(H,25,27)(H,26,28). The van der Waals surface area contributed by atoms with Gasteiger partial charge in [-0.15, -0.1) is 0 Å². The third kappa shape index (κ3) is 4.50. The van der Waals surface area contributed by atoms with Gasteiger partial charge in [0.2, 0.25) is 0 Å². The van der Waals surface area contributed by atoms with Gasteiger partial charge in [-0.1, -0.05) is 36.4 Å². The van der Waals surface area contributed by atoms with Crippen LogP contribution < -0.4 is 15.4 Å². The van der Waals surface area contributed by atoms with Gasteiger partial charge in [-0.2, -0.15) is 0 Å². The van der Waals surface area contributed by atoms with Crippen molar-refractivity contribution in [2.75, 3.05) is 17.2 Å². The molecule has 3 aromatic carbocycles. The zero-order valence-corrected chi connectivity index (χ0v) is 16.3. The fraction of sp³-hybridized carbons (Fsp3) is 0.0833. The summed E-state index contributed by atoms with van der Waals surface area (Å²) in [5.41, 5.74) is 2.83. The van der Waals surface area contributed by atoms with Crippen molar-refractivity contribution in [3.8, 4) is 5.75 Å². The minimum atomic E-state index is -0.338. The third-order valence-corrected chi connectivity index (χ3v) is 4.53. The number of ether oxygens (including phenoxy) is 1. The molecule has 6 nitrogen and oxygen atoms in total. The van der Waals surface area contributed by atoms with E-state index in [1.54, 1.807) is 30.3 Å². The molecule has 0 aliphatic heterocycles. The van der Waals surface area contributed by atoms with E-state index in [1.165, 1.54) is 0 Å². The number of anilines is 2. The molecule has 0 spiro atoms. The summed E-state index contributed by atoms with van der Waals surface area (Å²) < 4.78 is 11.1. The van der Waals surface area contributed by atoms with Crippen LogP contribution in [0.15, 0.2) is 83.3 Å². The smallest absolute Gasteiger partial charge is 0.291 e. The van der Waals surface area contributed by atoms with E-state index in [1.807, 2.05) is 55.5 Å². The number of rotatable bonds is 6. The Hall–Kier alpha value is -4.06. The number of para-hydroxylation sites is 2. The summed E-state index contributed by atoms with van der Waals surface area (Å²) >= 11 is 0. The van der Waals surface area contributed by atoms with Gasteiger partial charge in [0.1, 0.15) is 11.3 Å². The molecule has 0 saturated carbocycles. The fourth-order valence-electron chi connectivity index (χ4n) is 2.98. The van der Waals surface area contributed by atoms with Gasteiger partial charge in [0, 0.05) is 16.8 Å². The van der Waals surface area contributed by atoms with Crippen LogP contribution in [0.25, 0.3) is 11.0 Å². The Labute approximate surface area is 173 Å². The van der Waals surface area contributed by atoms with Crippen LogP contribution in [0.3, 0.4) is 0 Å². The first kappa shape index (κ1) is 19.3. The lowest BCUT2D eigenvalue weighted by Crippen LogP contribution is -2.20. The van der Waals surface area contributed by atoms with E-state index in [9.17, 15) is 9.59 Å². The number of hydrogen-bond acceptors (Lipinski definition) is 4. The molecule has 4 aromatic rings. The number of nitrogens with one attached hydrogen (secondary N) is 2. The maximum atomic E-state index is 12.4. The Morgan fingerprint density at radius 3 is 2.27 bits per heavy atom. The molecule has 150 valence electrons. The minimum Gasteiger partial charge on any atom is -0.483 e. The SMILES string of the molecule is Cc1ccccc1OCC(=O)Nc1ccc(NC(=O)c2cc3ccccc3o2)cc1. The maximum Gasteiger partial charge on any atom is 0.291 e. The predicted molar refractivity (Wildman–Crippen MR) is 116 cm³/mol. The van der Waals surface area contributed by atoms with Crippen molar-refractivity contribution in [1.29, 1.82) is 0 Å². The molecule has 0 radical (unpaired) electrons. The van der Waals surface area contributed by atoms with Crippen LogP contribution in [0.1, 0.15) is 16.1 Å². The first-order valence-electron chi connectivity index (χ1n) is 9.47. The van der Waals surface area contributed by atoms with Crippen LogP contribution in [-0.4, -0.2) is 18.4 Å². The van der Waals surface area contributed by atoms with Crippen molar-refractivity contribution in [2.24, 2.45) is 0 Å². The summed E-state index contributed by atoms with van der Waals surface area (Å²) in [6, 6.07) is 23.5. The molecule has 0 fully saturated rings. The summed E-state index contributed by atoms with van der Waals surface area (Å²) in [7, 11) is 0. The van der Waals surface area contributed by atoms with E-state index in [0.717, 1.165) is 10.9 Å². The Morgan fingerprint density at radius 2 is 1.53 bits per heavy atom. The van der Waals surface area contributed by atoms with Crippen molar-refractivity contribution in [2.45, 2.75) is 6.92 Å². The Morgan fingerprint density at radius 1 is 0.867 bits per heavy atom. The van der Waals surface area contributed by atoms with E-state index in [4.69, 9.17) is 9.15 Å². The number of carbonyl (C=O) groups is 2. The maximum absolute atomic E-state index is 12.4. The number of benzene rings is 3. The highest BCUT2D eigenvalue weighted by atomic mass is 16.5.